The number of halogens is 2. The number of benzene rings is 2. The monoisotopic (exact) mass is 383 g/mol. The molecule has 1 aliphatic rings. The van der Waals surface area contributed by atoms with E-state index in [1.165, 1.54) is 40.9 Å². The van der Waals surface area contributed by atoms with E-state index in [-0.39, 0.29) is 35.5 Å². The quantitative estimate of drug-likeness (QED) is 0.589. The third-order valence-electron chi connectivity index (χ3n) is 3.96. The lowest BCUT2D eigenvalue weighted by atomic mass is 10.2. The second-order valence-electron chi connectivity index (χ2n) is 5.66. The van der Waals surface area contributed by atoms with Gasteiger partial charge in [0.05, 0.1) is 10.6 Å². The topological polar surface area (TPSA) is 54.5 Å². The Labute approximate surface area is 148 Å². The van der Waals surface area contributed by atoms with Crippen LogP contribution in [0.4, 0.5) is 8.78 Å². The van der Waals surface area contributed by atoms with Gasteiger partial charge < -0.3 is 4.90 Å². The van der Waals surface area contributed by atoms with E-state index in [4.69, 9.17) is 0 Å². The number of likely N-dealkylation sites (tertiary alicyclic amines) is 1. The molecule has 0 saturated carbocycles. The number of thioether (sulfide) groups is 1. The van der Waals surface area contributed by atoms with Crippen LogP contribution in [0, 0.1) is 11.6 Å². The third-order valence-corrected chi connectivity index (χ3v) is 7.06. The molecule has 2 aromatic carbocycles. The Hall–Kier alpha value is -1.93. The fraction of sp³-hybridized carbons (Fsp3) is 0.235. The van der Waals surface area contributed by atoms with Crippen LogP contribution in [-0.2, 0) is 14.6 Å². The van der Waals surface area contributed by atoms with Gasteiger partial charge in [0.25, 0.3) is 0 Å². The van der Waals surface area contributed by atoms with Crippen LogP contribution in [0.3, 0.4) is 0 Å². The van der Waals surface area contributed by atoms with E-state index < -0.39 is 20.9 Å². The molecule has 1 amide bonds. The van der Waals surface area contributed by atoms with Gasteiger partial charge in [-0.3, -0.25) is 4.79 Å². The van der Waals surface area contributed by atoms with Crippen molar-refractivity contribution in [1.82, 2.24) is 4.90 Å². The van der Waals surface area contributed by atoms with Crippen molar-refractivity contribution in [1.29, 1.82) is 0 Å². The summed E-state index contributed by atoms with van der Waals surface area (Å²) in [6.45, 7) is 0.255. The molecule has 1 aliphatic heterocycles. The average molecular weight is 383 g/mol. The highest BCUT2D eigenvalue weighted by molar-refractivity contribution is 8.00. The summed E-state index contributed by atoms with van der Waals surface area (Å²) in [5, 5.41) is -0.669. The molecule has 0 atom stereocenters. The lowest BCUT2D eigenvalue weighted by Crippen LogP contribution is -2.57. The summed E-state index contributed by atoms with van der Waals surface area (Å²) in [6, 6.07) is 10.5. The minimum absolute atomic E-state index is 0.0617. The highest BCUT2D eigenvalue weighted by Gasteiger charge is 2.40. The van der Waals surface area contributed by atoms with Crippen LogP contribution in [0.1, 0.15) is 0 Å². The van der Waals surface area contributed by atoms with Gasteiger partial charge in [0.15, 0.2) is 9.84 Å². The second-order valence-corrected chi connectivity index (χ2v) is 8.94. The number of carbonyl (C=O) groups excluding carboxylic acids is 1. The van der Waals surface area contributed by atoms with Crippen molar-refractivity contribution in [3.8, 4) is 0 Å². The highest BCUT2D eigenvalue weighted by Crippen LogP contribution is 2.26. The zero-order valence-electron chi connectivity index (χ0n) is 13.1. The smallest absolute Gasteiger partial charge is 0.233 e. The fourth-order valence-corrected chi connectivity index (χ4v) is 4.88. The van der Waals surface area contributed by atoms with Crippen LogP contribution in [0.5, 0.6) is 0 Å². The normalized spacial score (nSPS) is 15.0. The van der Waals surface area contributed by atoms with Crippen molar-refractivity contribution in [2.24, 2.45) is 0 Å². The van der Waals surface area contributed by atoms with Gasteiger partial charge >= 0.3 is 0 Å². The standard InChI is InChI=1S/C17H15F2NO3S2/c18-12-1-5-14(6-2-12)24-11-17(21)20-9-16(10-20)25(22,23)15-7-3-13(19)4-8-15/h1-8,16H,9-11H2. The second kappa shape index (κ2) is 7.13. The molecular formula is C17H15F2NO3S2. The van der Waals surface area contributed by atoms with Crippen molar-refractivity contribution in [2.75, 3.05) is 18.8 Å². The molecule has 3 rings (SSSR count). The van der Waals surface area contributed by atoms with Gasteiger partial charge in [-0.25, -0.2) is 17.2 Å². The van der Waals surface area contributed by atoms with Gasteiger partial charge in [0, 0.05) is 18.0 Å². The van der Waals surface area contributed by atoms with Gasteiger partial charge in [-0.05, 0) is 48.5 Å². The fourth-order valence-electron chi connectivity index (χ4n) is 2.42. The first-order valence-electron chi connectivity index (χ1n) is 7.52. The molecule has 25 heavy (non-hydrogen) atoms. The molecule has 0 spiro atoms. The van der Waals surface area contributed by atoms with Crippen LogP contribution in [-0.4, -0.2) is 43.3 Å². The van der Waals surface area contributed by atoms with Gasteiger partial charge in [-0.2, -0.15) is 0 Å². The summed E-state index contributed by atoms with van der Waals surface area (Å²) in [6.07, 6.45) is 0. The Morgan fingerprint density at radius 2 is 1.52 bits per heavy atom. The minimum Gasteiger partial charge on any atom is -0.339 e. The number of rotatable bonds is 5. The molecule has 0 unspecified atom stereocenters. The Morgan fingerprint density at radius 3 is 2.08 bits per heavy atom. The predicted octanol–water partition coefficient (Wildman–Crippen LogP) is 2.74. The lowest BCUT2D eigenvalue weighted by molar-refractivity contribution is -0.131. The van der Waals surface area contributed by atoms with Crippen LogP contribution in [0.15, 0.2) is 58.3 Å². The van der Waals surface area contributed by atoms with Gasteiger partial charge in [0.2, 0.25) is 5.91 Å². The van der Waals surface area contributed by atoms with E-state index in [0.29, 0.717) is 0 Å². The van der Waals surface area contributed by atoms with Crippen LogP contribution in [0.25, 0.3) is 0 Å². The van der Waals surface area contributed by atoms with E-state index in [1.807, 2.05) is 0 Å². The van der Waals surface area contributed by atoms with Crippen LogP contribution >= 0.6 is 11.8 Å². The van der Waals surface area contributed by atoms with Gasteiger partial charge in [0.1, 0.15) is 16.9 Å². The van der Waals surface area contributed by atoms with E-state index in [1.54, 1.807) is 12.1 Å². The number of amides is 1. The Balaban J connectivity index is 1.53. The first-order chi connectivity index (χ1) is 11.9. The molecule has 4 nitrogen and oxygen atoms in total. The Bertz CT molecular complexity index is 862. The molecule has 1 fully saturated rings. The largest absolute Gasteiger partial charge is 0.339 e. The number of sulfone groups is 1. The molecule has 1 heterocycles. The van der Waals surface area contributed by atoms with Crippen molar-refractivity contribution in [3.05, 3.63) is 60.2 Å². The first-order valence-corrected chi connectivity index (χ1v) is 10.0. The lowest BCUT2D eigenvalue weighted by Gasteiger charge is -2.38. The minimum atomic E-state index is -3.57. The summed E-state index contributed by atoms with van der Waals surface area (Å²) in [4.78, 5) is 14.4. The number of carbonyl (C=O) groups is 1. The number of hydrogen-bond acceptors (Lipinski definition) is 4. The van der Waals surface area contributed by atoms with Gasteiger partial charge in [-0.1, -0.05) is 0 Å². The van der Waals surface area contributed by atoms with E-state index in [2.05, 4.69) is 0 Å². The molecule has 2 aromatic rings. The van der Waals surface area contributed by atoms with E-state index in [0.717, 1.165) is 17.0 Å². The van der Waals surface area contributed by atoms with Crippen LogP contribution < -0.4 is 0 Å². The zero-order valence-corrected chi connectivity index (χ0v) is 14.7. The maximum absolute atomic E-state index is 12.9. The average Bonchev–Trinajstić information content (AvgIpc) is 2.53. The highest BCUT2D eigenvalue weighted by atomic mass is 32.2. The summed E-state index contributed by atoms with van der Waals surface area (Å²) < 4.78 is 50.6. The molecule has 0 N–H and O–H groups in total. The van der Waals surface area contributed by atoms with Crippen molar-refractivity contribution in [2.45, 2.75) is 15.0 Å². The van der Waals surface area contributed by atoms with Crippen LogP contribution in [0.2, 0.25) is 0 Å². The molecular weight excluding hydrogens is 368 g/mol. The first kappa shape index (κ1) is 17.9. The molecule has 1 saturated heterocycles. The molecule has 132 valence electrons. The molecule has 0 aliphatic carbocycles. The van der Waals surface area contributed by atoms with Crippen molar-refractivity contribution >= 4 is 27.5 Å². The maximum Gasteiger partial charge on any atom is 0.233 e. The van der Waals surface area contributed by atoms with E-state index in [9.17, 15) is 22.0 Å². The van der Waals surface area contributed by atoms with Crippen molar-refractivity contribution < 1.29 is 22.0 Å². The summed E-state index contributed by atoms with van der Waals surface area (Å²) in [5.74, 6) is -0.844. The zero-order chi connectivity index (χ0) is 18.0. The maximum atomic E-state index is 12.9. The molecule has 0 radical (unpaired) electrons. The predicted molar refractivity (Wildman–Crippen MR) is 91.1 cm³/mol. The Kier molecular flexibility index (Phi) is 5.10. The SMILES string of the molecule is O=C(CSc1ccc(F)cc1)N1CC(S(=O)(=O)c2ccc(F)cc2)C1. The third kappa shape index (κ3) is 4.01. The van der Waals surface area contributed by atoms with Gasteiger partial charge in [-0.15, -0.1) is 11.8 Å². The number of hydrogen-bond donors (Lipinski definition) is 0. The number of nitrogens with zero attached hydrogens (tertiary/aromatic N) is 1. The Morgan fingerprint density at radius 1 is 1.00 bits per heavy atom. The summed E-state index contributed by atoms with van der Waals surface area (Å²) >= 11 is 1.27. The molecule has 8 heteroatoms. The van der Waals surface area contributed by atoms with Crippen molar-refractivity contribution in [3.63, 3.8) is 0 Å². The summed E-state index contributed by atoms with van der Waals surface area (Å²) in [7, 11) is -3.57. The van der Waals surface area contributed by atoms with E-state index >= 15 is 0 Å². The molecule has 0 bridgehead atoms. The molecule has 0 aromatic heterocycles. The summed E-state index contributed by atoms with van der Waals surface area (Å²) in [5.41, 5.74) is 0.